The highest BCUT2D eigenvalue weighted by Gasteiger charge is 2.15. The summed E-state index contributed by atoms with van der Waals surface area (Å²) >= 11 is 1.33. The fourth-order valence-electron chi connectivity index (χ4n) is 2.09. The van der Waals surface area contributed by atoms with Crippen molar-refractivity contribution in [1.82, 2.24) is 15.8 Å². The SMILES string of the molecule is CCN(CC)Cc1ccc(C(=O)NNC(=O)c2sccc2C)o1. The van der Waals surface area contributed by atoms with Gasteiger partial charge < -0.3 is 4.42 Å². The van der Waals surface area contributed by atoms with E-state index in [1.807, 2.05) is 18.4 Å². The number of nitrogens with zero attached hydrogens (tertiary/aromatic N) is 1. The summed E-state index contributed by atoms with van der Waals surface area (Å²) in [6.07, 6.45) is 0. The number of furan rings is 1. The minimum atomic E-state index is -0.474. The first-order valence-corrected chi connectivity index (χ1v) is 8.39. The number of hydrogen-bond acceptors (Lipinski definition) is 5. The molecule has 0 saturated heterocycles. The largest absolute Gasteiger partial charge is 0.454 e. The average molecular weight is 335 g/mol. The van der Waals surface area contributed by atoms with Gasteiger partial charge in [0.1, 0.15) is 5.76 Å². The van der Waals surface area contributed by atoms with Gasteiger partial charge >= 0.3 is 5.91 Å². The number of amides is 2. The lowest BCUT2D eigenvalue weighted by Crippen LogP contribution is -2.41. The van der Waals surface area contributed by atoms with Crippen molar-refractivity contribution in [3.8, 4) is 0 Å². The highest BCUT2D eigenvalue weighted by molar-refractivity contribution is 7.12. The van der Waals surface area contributed by atoms with Crippen molar-refractivity contribution in [2.24, 2.45) is 0 Å². The smallest absolute Gasteiger partial charge is 0.305 e. The van der Waals surface area contributed by atoms with Crippen molar-refractivity contribution < 1.29 is 14.0 Å². The Balaban J connectivity index is 1.90. The highest BCUT2D eigenvalue weighted by Crippen LogP contribution is 2.15. The monoisotopic (exact) mass is 335 g/mol. The molecule has 2 aromatic heterocycles. The summed E-state index contributed by atoms with van der Waals surface area (Å²) in [4.78, 5) is 26.7. The summed E-state index contributed by atoms with van der Waals surface area (Å²) in [5.74, 6) is 0.0914. The van der Waals surface area contributed by atoms with Gasteiger partial charge in [-0.05, 0) is 49.2 Å². The maximum absolute atomic E-state index is 12.0. The van der Waals surface area contributed by atoms with Gasteiger partial charge in [0.2, 0.25) is 0 Å². The van der Waals surface area contributed by atoms with E-state index in [2.05, 4.69) is 29.6 Å². The topological polar surface area (TPSA) is 74.6 Å². The van der Waals surface area contributed by atoms with Crippen LogP contribution in [0.3, 0.4) is 0 Å². The summed E-state index contributed by atoms with van der Waals surface area (Å²) in [6, 6.07) is 5.24. The van der Waals surface area contributed by atoms with Gasteiger partial charge in [0, 0.05) is 0 Å². The van der Waals surface area contributed by atoms with Crippen LogP contribution < -0.4 is 10.9 Å². The summed E-state index contributed by atoms with van der Waals surface area (Å²) < 4.78 is 5.52. The number of carbonyl (C=O) groups is 2. The molecule has 7 heteroatoms. The standard InChI is InChI=1S/C16H21N3O3S/c1-4-19(5-2)10-12-6-7-13(22-12)15(20)17-18-16(21)14-11(3)8-9-23-14/h6-9H,4-5,10H2,1-3H3,(H,17,20)(H,18,21). The van der Waals surface area contributed by atoms with E-state index < -0.39 is 5.91 Å². The van der Waals surface area contributed by atoms with Crippen molar-refractivity contribution >= 4 is 23.2 Å². The summed E-state index contributed by atoms with van der Waals surface area (Å²) in [7, 11) is 0. The van der Waals surface area contributed by atoms with Crippen molar-refractivity contribution in [3.63, 3.8) is 0 Å². The van der Waals surface area contributed by atoms with Crippen molar-refractivity contribution in [3.05, 3.63) is 45.5 Å². The van der Waals surface area contributed by atoms with Gasteiger partial charge in [0.05, 0.1) is 11.4 Å². The third-order valence-electron chi connectivity index (χ3n) is 3.52. The molecule has 0 radical (unpaired) electrons. The maximum Gasteiger partial charge on any atom is 0.305 e. The van der Waals surface area contributed by atoms with Gasteiger partial charge in [-0.25, -0.2) is 0 Å². The third-order valence-corrected chi connectivity index (χ3v) is 4.53. The molecule has 0 aliphatic carbocycles. The Labute approximate surface area is 139 Å². The van der Waals surface area contributed by atoms with Gasteiger partial charge in [0.15, 0.2) is 5.76 Å². The zero-order valence-electron chi connectivity index (χ0n) is 13.5. The molecule has 6 nitrogen and oxygen atoms in total. The molecule has 23 heavy (non-hydrogen) atoms. The van der Waals surface area contributed by atoms with Crippen LogP contribution in [0.2, 0.25) is 0 Å². The van der Waals surface area contributed by atoms with Crippen LogP contribution >= 0.6 is 11.3 Å². The molecule has 2 heterocycles. The van der Waals surface area contributed by atoms with Crippen LogP contribution in [0.1, 0.15) is 45.4 Å². The summed E-state index contributed by atoms with van der Waals surface area (Å²) in [5.41, 5.74) is 5.64. The number of thiophene rings is 1. The Hall–Kier alpha value is -2.12. The van der Waals surface area contributed by atoms with Crippen LogP contribution in [0.15, 0.2) is 28.0 Å². The van der Waals surface area contributed by atoms with E-state index >= 15 is 0 Å². The molecule has 0 unspecified atom stereocenters. The second-order valence-corrected chi connectivity index (χ2v) is 5.98. The average Bonchev–Trinajstić information content (AvgIpc) is 3.18. The van der Waals surface area contributed by atoms with Gasteiger partial charge in [-0.1, -0.05) is 13.8 Å². The van der Waals surface area contributed by atoms with Gasteiger partial charge in [-0.3, -0.25) is 25.3 Å². The lowest BCUT2D eigenvalue weighted by atomic mass is 10.3. The predicted molar refractivity (Wildman–Crippen MR) is 89.3 cm³/mol. The Morgan fingerprint density at radius 1 is 1.13 bits per heavy atom. The number of hydrogen-bond donors (Lipinski definition) is 2. The zero-order valence-corrected chi connectivity index (χ0v) is 14.3. The first-order valence-electron chi connectivity index (χ1n) is 7.51. The molecule has 0 aliphatic heterocycles. The molecule has 0 aromatic carbocycles. The molecule has 0 fully saturated rings. The molecule has 0 saturated carbocycles. The molecule has 0 atom stereocenters. The number of carbonyl (C=O) groups excluding carboxylic acids is 2. The molecule has 2 rings (SSSR count). The fraction of sp³-hybridized carbons (Fsp3) is 0.375. The summed E-state index contributed by atoms with van der Waals surface area (Å²) in [5, 5.41) is 1.83. The van der Waals surface area contributed by atoms with Crippen LogP contribution in [-0.4, -0.2) is 29.8 Å². The normalized spacial score (nSPS) is 10.8. The van der Waals surface area contributed by atoms with E-state index in [-0.39, 0.29) is 11.7 Å². The van der Waals surface area contributed by atoms with E-state index in [1.165, 1.54) is 11.3 Å². The number of rotatable bonds is 6. The van der Waals surface area contributed by atoms with Gasteiger partial charge in [0.25, 0.3) is 5.91 Å². The van der Waals surface area contributed by atoms with E-state index in [4.69, 9.17) is 4.42 Å². The van der Waals surface area contributed by atoms with Gasteiger partial charge in [-0.2, -0.15) is 0 Å². The second kappa shape index (κ2) is 7.94. The highest BCUT2D eigenvalue weighted by atomic mass is 32.1. The van der Waals surface area contributed by atoms with E-state index in [0.717, 1.165) is 24.4 Å². The van der Waals surface area contributed by atoms with Crippen LogP contribution in [0.4, 0.5) is 0 Å². The molecule has 0 aliphatic rings. The van der Waals surface area contributed by atoms with E-state index in [9.17, 15) is 9.59 Å². The first-order chi connectivity index (χ1) is 11.0. The van der Waals surface area contributed by atoms with Crippen LogP contribution in [0, 0.1) is 6.92 Å². The molecule has 124 valence electrons. The molecule has 2 N–H and O–H groups in total. The van der Waals surface area contributed by atoms with E-state index in [1.54, 1.807) is 12.1 Å². The predicted octanol–water partition coefficient (Wildman–Crippen LogP) is 2.57. The van der Waals surface area contributed by atoms with Gasteiger partial charge in [-0.15, -0.1) is 11.3 Å². The number of nitrogens with one attached hydrogen (secondary N) is 2. The molecule has 2 aromatic rings. The maximum atomic E-state index is 12.0. The van der Waals surface area contributed by atoms with Crippen LogP contribution in [0.5, 0.6) is 0 Å². The molecule has 2 amide bonds. The Morgan fingerprint density at radius 2 is 1.83 bits per heavy atom. The minimum absolute atomic E-state index is 0.176. The first kappa shape index (κ1) is 17.2. The number of aryl methyl sites for hydroxylation is 1. The second-order valence-electron chi connectivity index (χ2n) is 5.07. The van der Waals surface area contributed by atoms with Crippen LogP contribution in [0.25, 0.3) is 0 Å². The van der Waals surface area contributed by atoms with Crippen molar-refractivity contribution in [2.45, 2.75) is 27.3 Å². The Kier molecular flexibility index (Phi) is 5.95. The lowest BCUT2D eigenvalue weighted by Gasteiger charge is -2.15. The molecule has 0 spiro atoms. The lowest BCUT2D eigenvalue weighted by molar-refractivity contribution is 0.0830. The van der Waals surface area contributed by atoms with E-state index in [0.29, 0.717) is 11.4 Å². The molecule has 0 bridgehead atoms. The molecular formula is C16H21N3O3S. The van der Waals surface area contributed by atoms with Crippen molar-refractivity contribution in [1.29, 1.82) is 0 Å². The third kappa shape index (κ3) is 4.43. The fourth-order valence-corrected chi connectivity index (χ4v) is 2.91. The van der Waals surface area contributed by atoms with Crippen LogP contribution in [-0.2, 0) is 6.54 Å². The Morgan fingerprint density at radius 3 is 2.43 bits per heavy atom. The zero-order chi connectivity index (χ0) is 16.8. The number of hydrazine groups is 1. The van der Waals surface area contributed by atoms with Crippen molar-refractivity contribution in [2.75, 3.05) is 13.1 Å². The minimum Gasteiger partial charge on any atom is -0.454 e. The summed E-state index contributed by atoms with van der Waals surface area (Å²) in [6.45, 7) is 8.47. The quantitative estimate of drug-likeness (QED) is 0.796. The Bertz CT molecular complexity index is 674. The molecular weight excluding hydrogens is 314 g/mol.